The fourth-order valence-electron chi connectivity index (χ4n) is 3.89. The van der Waals surface area contributed by atoms with Gasteiger partial charge in [0.1, 0.15) is 5.82 Å². The zero-order chi connectivity index (χ0) is 21.1. The Hall–Kier alpha value is -2.87. The van der Waals surface area contributed by atoms with Crippen molar-refractivity contribution in [1.29, 1.82) is 0 Å². The summed E-state index contributed by atoms with van der Waals surface area (Å²) < 4.78 is 6.20. The first-order chi connectivity index (χ1) is 13.8. The van der Waals surface area contributed by atoms with E-state index < -0.39 is 23.3 Å². The molecular formula is C21H28N4O4. The standard InChI is InChI=1S/C21H28N4O4/c1-13(2)12-25-18(22)16(19(26)23-21(25)28)17(24-10-4-5-11-24)14-6-8-15(9-7-14)20(27)29-3/h6-9,13,17H,4-5,10-12,22H2,1-3H3,(H,23,26,28). The van der Waals surface area contributed by atoms with Gasteiger partial charge in [-0.25, -0.2) is 9.59 Å². The van der Waals surface area contributed by atoms with E-state index in [-0.39, 0.29) is 11.7 Å². The Morgan fingerprint density at radius 2 is 1.79 bits per heavy atom. The molecule has 2 heterocycles. The van der Waals surface area contributed by atoms with Crippen LogP contribution in [0.3, 0.4) is 0 Å². The van der Waals surface area contributed by atoms with Gasteiger partial charge in [0.05, 0.1) is 24.3 Å². The maximum absolute atomic E-state index is 12.8. The molecule has 1 aliphatic heterocycles. The lowest BCUT2D eigenvalue weighted by Crippen LogP contribution is -2.40. The molecule has 3 N–H and O–H groups in total. The summed E-state index contributed by atoms with van der Waals surface area (Å²) in [6.07, 6.45) is 2.06. The Kier molecular flexibility index (Phi) is 6.22. The molecule has 1 unspecified atom stereocenters. The molecule has 0 aliphatic carbocycles. The van der Waals surface area contributed by atoms with E-state index in [1.165, 1.54) is 11.7 Å². The molecule has 0 radical (unpaired) electrons. The second kappa shape index (κ2) is 8.65. The van der Waals surface area contributed by atoms with Gasteiger partial charge in [0, 0.05) is 6.54 Å². The quantitative estimate of drug-likeness (QED) is 0.715. The number of esters is 1. The number of carbonyl (C=O) groups is 1. The third-order valence-corrected chi connectivity index (χ3v) is 5.25. The highest BCUT2D eigenvalue weighted by molar-refractivity contribution is 5.89. The summed E-state index contributed by atoms with van der Waals surface area (Å²) in [5.74, 6) is -0.0307. The first kappa shape index (κ1) is 20.9. The molecule has 0 amide bonds. The molecule has 29 heavy (non-hydrogen) atoms. The number of H-pyrrole nitrogens is 1. The SMILES string of the molecule is COC(=O)c1ccc(C(c2c(N)n(CC(C)C)c(=O)[nH]c2=O)N2CCCC2)cc1. The number of nitrogens with zero attached hydrogens (tertiary/aromatic N) is 2. The Morgan fingerprint density at radius 1 is 1.17 bits per heavy atom. The molecule has 3 rings (SSSR count). The van der Waals surface area contributed by atoms with E-state index in [2.05, 4.69) is 9.88 Å². The lowest BCUT2D eigenvalue weighted by atomic mass is 9.97. The average molecular weight is 400 g/mol. The van der Waals surface area contributed by atoms with Gasteiger partial charge in [-0.3, -0.25) is 19.2 Å². The van der Waals surface area contributed by atoms with Crippen molar-refractivity contribution in [3.8, 4) is 0 Å². The van der Waals surface area contributed by atoms with Crippen LogP contribution in [-0.4, -0.2) is 40.6 Å². The highest BCUT2D eigenvalue weighted by atomic mass is 16.5. The molecule has 0 bridgehead atoms. The fraction of sp³-hybridized carbons (Fsp3) is 0.476. The summed E-state index contributed by atoms with van der Waals surface area (Å²) in [5, 5.41) is 0. The smallest absolute Gasteiger partial charge is 0.337 e. The Balaban J connectivity index is 2.14. The van der Waals surface area contributed by atoms with Crippen molar-refractivity contribution in [1.82, 2.24) is 14.5 Å². The summed E-state index contributed by atoms with van der Waals surface area (Å²) >= 11 is 0. The van der Waals surface area contributed by atoms with Gasteiger partial charge in [0.25, 0.3) is 5.56 Å². The van der Waals surface area contributed by atoms with Crippen molar-refractivity contribution in [2.75, 3.05) is 25.9 Å². The minimum Gasteiger partial charge on any atom is -0.465 e. The Morgan fingerprint density at radius 3 is 2.34 bits per heavy atom. The number of hydrogen-bond acceptors (Lipinski definition) is 6. The van der Waals surface area contributed by atoms with E-state index in [4.69, 9.17) is 10.5 Å². The second-order valence-electron chi connectivity index (χ2n) is 7.82. The molecule has 8 heteroatoms. The van der Waals surface area contributed by atoms with Crippen LogP contribution < -0.4 is 17.0 Å². The highest BCUT2D eigenvalue weighted by Crippen LogP contribution is 2.32. The summed E-state index contributed by atoms with van der Waals surface area (Å²) in [5.41, 5.74) is 7.06. The molecular weight excluding hydrogens is 372 g/mol. The molecule has 0 spiro atoms. The van der Waals surface area contributed by atoms with E-state index in [1.54, 1.807) is 12.1 Å². The number of nitrogens with two attached hydrogens (primary N) is 1. The lowest BCUT2D eigenvalue weighted by Gasteiger charge is -2.29. The summed E-state index contributed by atoms with van der Waals surface area (Å²) in [7, 11) is 1.33. The molecule has 1 fully saturated rings. The number of nitrogens with one attached hydrogen (secondary N) is 1. The summed E-state index contributed by atoms with van der Waals surface area (Å²) in [6.45, 7) is 6.04. The van der Waals surface area contributed by atoms with Crippen LogP contribution in [0.1, 0.15) is 54.2 Å². The summed E-state index contributed by atoms with van der Waals surface area (Å²) in [4.78, 5) is 41.6. The number of carbonyl (C=O) groups excluding carboxylic acids is 1. The Bertz CT molecular complexity index is 985. The minimum atomic E-state index is -0.494. The van der Waals surface area contributed by atoms with Crippen LogP contribution in [0.15, 0.2) is 33.9 Å². The van der Waals surface area contributed by atoms with Crippen LogP contribution in [0.25, 0.3) is 0 Å². The van der Waals surface area contributed by atoms with Crippen molar-refractivity contribution in [2.45, 2.75) is 39.3 Å². The van der Waals surface area contributed by atoms with Crippen molar-refractivity contribution in [2.24, 2.45) is 5.92 Å². The van der Waals surface area contributed by atoms with Crippen LogP contribution in [0.4, 0.5) is 5.82 Å². The van der Waals surface area contributed by atoms with Crippen LogP contribution in [0, 0.1) is 5.92 Å². The normalized spacial score (nSPS) is 15.6. The van der Waals surface area contributed by atoms with Gasteiger partial charge in [-0.15, -0.1) is 0 Å². The maximum Gasteiger partial charge on any atom is 0.337 e. The largest absolute Gasteiger partial charge is 0.465 e. The monoisotopic (exact) mass is 400 g/mol. The number of anilines is 1. The van der Waals surface area contributed by atoms with Gasteiger partial charge in [0.2, 0.25) is 0 Å². The van der Waals surface area contributed by atoms with E-state index in [1.807, 2.05) is 26.0 Å². The Labute approximate surface area is 169 Å². The van der Waals surface area contributed by atoms with Crippen molar-refractivity contribution in [3.63, 3.8) is 0 Å². The second-order valence-corrected chi connectivity index (χ2v) is 7.82. The number of aromatic nitrogens is 2. The zero-order valence-electron chi connectivity index (χ0n) is 17.1. The average Bonchev–Trinajstić information content (AvgIpc) is 3.22. The van der Waals surface area contributed by atoms with Crippen LogP contribution in [0.2, 0.25) is 0 Å². The van der Waals surface area contributed by atoms with E-state index in [0.717, 1.165) is 31.5 Å². The zero-order valence-corrected chi connectivity index (χ0v) is 17.1. The van der Waals surface area contributed by atoms with E-state index in [9.17, 15) is 14.4 Å². The van der Waals surface area contributed by atoms with Crippen LogP contribution >= 0.6 is 0 Å². The number of aromatic amines is 1. The summed E-state index contributed by atoms with van der Waals surface area (Å²) in [6, 6.07) is 6.59. The van der Waals surface area contributed by atoms with Crippen LogP contribution in [-0.2, 0) is 11.3 Å². The fourth-order valence-corrected chi connectivity index (χ4v) is 3.89. The van der Waals surface area contributed by atoms with Gasteiger partial charge in [-0.2, -0.15) is 0 Å². The lowest BCUT2D eigenvalue weighted by molar-refractivity contribution is 0.0600. The number of ether oxygens (including phenoxy) is 1. The molecule has 1 aromatic carbocycles. The molecule has 2 aromatic rings. The molecule has 1 atom stereocenters. The van der Waals surface area contributed by atoms with E-state index >= 15 is 0 Å². The van der Waals surface area contributed by atoms with Crippen LogP contribution in [0.5, 0.6) is 0 Å². The maximum atomic E-state index is 12.8. The van der Waals surface area contributed by atoms with Gasteiger partial charge in [-0.05, 0) is 49.5 Å². The highest BCUT2D eigenvalue weighted by Gasteiger charge is 2.30. The van der Waals surface area contributed by atoms with Gasteiger partial charge >= 0.3 is 11.7 Å². The predicted molar refractivity (Wildman–Crippen MR) is 111 cm³/mol. The van der Waals surface area contributed by atoms with Gasteiger partial charge < -0.3 is 10.5 Å². The van der Waals surface area contributed by atoms with Crippen molar-refractivity contribution >= 4 is 11.8 Å². The first-order valence-corrected chi connectivity index (χ1v) is 9.88. The topological polar surface area (TPSA) is 110 Å². The number of methoxy groups -OCH3 is 1. The van der Waals surface area contributed by atoms with Crippen molar-refractivity contribution < 1.29 is 9.53 Å². The van der Waals surface area contributed by atoms with Gasteiger partial charge in [0.15, 0.2) is 0 Å². The molecule has 1 saturated heterocycles. The predicted octanol–water partition coefficient (Wildman–Crippen LogP) is 1.75. The number of rotatable bonds is 6. The molecule has 0 saturated carbocycles. The third-order valence-electron chi connectivity index (χ3n) is 5.25. The minimum absolute atomic E-state index is 0.193. The van der Waals surface area contributed by atoms with Crippen molar-refractivity contribution in [3.05, 3.63) is 61.8 Å². The number of nitrogen functional groups attached to an aromatic ring is 1. The third kappa shape index (κ3) is 4.27. The molecule has 8 nitrogen and oxygen atoms in total. The molecule has 1 aliphatic rings. The molecule has 1 aromatic heterocycles. The van der Waals surface area contributed by atoms with Gasteiger partial charge in [-0.1, -0.05) is 26.0 Å². The van der Waals surface area contributed by atoms with E-state index in [0.29, 0.717) is 17.7 Å². The number of hydrogen-bond donors (Lipinski definition) is 2. The molecule has 156 valence electrons. The first-order valence-electron chi connectivity index (χ1n) is 9.88. The number of likely N-dealkylation sites (tertiary alicyclic amines) is 1. The number of benzene rings is 1.